The molecule has 2 saturated heterocycles. The average Bonchev–Trinajstić information content (AvgIpc) is 2.68. The average molecular weight is 791 g/mol. The van der Waals surface area contributed by atoms with Gasteiger partial charge in [0.1, 0.15) is 5.73 Å². The first kappa shape index (κ1) is 36.5. The van der Waals surface area contributed by atoms with Gasteiger partial charge in [-0.15, -0.1) is 15.3 Å². The second kappa shape index (κ2) is 8.72. The second-order valence-electron chi connectivity index (χ2n) is 19.5. The highest BCUT2D eigenvalue weighted by Gasteiger charge is 2.88. The van der Waals surface area contributed by atoms with Gasteiger partial charge < -0.3 is 0 Å². The van der Waals surface area contributed by atoms with Gasteiger partial charge in [0, 0.05) is 84.3 Å². The normalized spacial score (nSPS) is 34.4. The van der Waals surface area contributed by atoms with E-state index in [1.807, 2.05) is 0 Å². The van der Waals surface area contributed by atoms with E-state index in [1.54, 1.807) is 0 Å². The maximum atomic E-state index is 5.32. The molecule has 220 valence electrons. The summed E-state index contributed by atoms with van der Waals surface area (Å²) in [6, 6.07) is 0. The molecular formula is C23H69BrSi13. The van der Waals surface area contributed by atoms with Crippen molar-refractivity contribution >= 4 is 105 Å². The molecule has 0 spiro atoms. The standard InChI is InChI=1S/C23H69BrSi13/c1-25(2)27(5,6)31(13,14)36(22,32(15,16)28(25,7)8)35(21,24)37(23)33(17,18)29(9,10)26(3,4)30(11,12)34(37,19)20/h1-23H3. The van der Waals surface area contributed by atoms with Gasteiger partial charge in [0.05, 0.1) is 0 Å². The van der Waals surface area contributed by atoms with E-state index < -0.39 is 90.1 Å². The summed E-state index contributed by atoms with van der Waals surface area (Å²) in [5.74, 6) is 0. The Labute approximate surface area is 253 Å². The predicted octanol–water partition coefficient (Wildman–Crippen LogP) is 9.32. The first-order chi connectivity index (χ1) is 15.5. The van der Waals surface area contributed by atoms with Crippen LogP contribution in [0.3, 0.4) is 0 Å². The van der Waals surface area contributed by atoms with Crippen molar-refractivity contribution in [3.63, 3.8) is 0 Å². The molecule has 0 amide bonds. The molecule has 2 heterocycles. The van der Waals surface area contributed by atoms with Crippen LogP contribution in [0.2, 0.25) is 151 Å². The van der Waals surface area contributed by atoms with Crippen LogP contribution in [-0.4, -0.2) is 90.1 Å². The Morgan fingerprint density at radius 1 is 0.270 bits per heavy atom. The van der Waals surface area contributed by atoms with Crippen LogP contribution in [0.5, 0.6) is 0 Å². The first-order valence-corrected chi connectivity index (χ1v) is 68.9. The summed E-state index contributed by atoms with van der Waals surface area (Å²) in [4.78, 5) is 0. The number of halogens is 1. The third kappa shape index (κ3) is 3.27. The number of hydrogen-bond donors (Lipinski definition) is 0. The fraction of sp³-hybridized carbons (Fsp3) is 1.00. The maximum absolute atomic E-state index is 5.32. The van der Waals surface area contributed by atoms with Gasteiger partial charge in [-0.1, -0.05) is 151 Å². The Morgan fingerprint density at radius 2 is 0.378 bits per heavy atom. The molecular weight excluding hydrogens is 721 g/mol. The molecule has 0 aromatic heterocycles. The van der Waals surface area contributed by atoms with E-state index in [0.717, 1.165) is 0 Å². The van der Waals surface area contributed by atoms with E-state index in [1.165, 1.54) is 0 Å². The van der Waals surface area contributed by atoms with Gasteiger partial charge in [-0.05, 0) is 0 Å². The quantitative estimate of drug-likeness (QED) is 0.193. The van der Waals surface area contributed by atoms with Crippen molar-refractivity contribution < 1.29 is 0 Å². The Kier molecular flexibility index (Phi) is 8.60. The monoisotopic (exact) mass is 788 g/mol. The maximum Gasteiger partial charge on any atom is 0.101 e. The lowest BCUT2D eigenvalue weighted by Gasteiger charge is -2.82. The van der Waals surface area contributed by atoms with Crippen LogP contribution in [0, 0.1) is 0 Å². The summed E-state index contributed by atoms with van der Waals surface area (Å²) in [7, 11) is -13.1. The molecule has 0 aromatic rings. The molecule has 0 unspecified atom stereocenters. The number of rotatable bonds is 2. The zero-order valence-corrected chi connectivity index (χ0v) is 44.5. The Balaban J connectivity index is 3.23. The van der Waals surface area contributed by atoms with Gasteiger partial charge >= 0.3 is 0 Å². The van der Waals surface area contributed by atoms with E-state index in [0.29, 0.717) is 0 Å². The zero-order chi connectivity index (χ0) is 30.5. The summed E-state index contributed by atoms with van der Waals surface area (Å²) in [6.07, 6.45) is 0. The van der Waals surface area contributed by atoms with Gasteiger partial charge in [0.15, 0.2) is 0 Å². The minimum absolute atomic E-state index is 1.21. The first-order valence-electron chi connectivity index (χ1n) is 15.2. The molecule has 37 heavy (non-hydrogen) atoms. The lowest BCUT2D eigenvalue weighted by atomic mass is 11.9. The van der Waals surface area contributed by atoms with Gasteiger partial charge in [0.25, 0.3) is 0 Å². The van der Waals surface area contributed by atoms with E-state index in [-0.39, 0.29) is 0 Å². The molecule has 0 radical (unpaired) electrons. The fourth-order valence-electron chi connectivity index (χ4n) is 11.6. The lowest BCUT2D eigenvalue weighted by molar-refractivity contribution is 1.73. The molecule has 14 heteroatoms. The highest BCUT2D eigenvalue weighted by atomic mass is 79.9. The lowest BCUT2D eigenvalue weighted by Crippen LogP contribution is -3.12. The highest BCUT2D eigenvalue weighted by molar-refractivity contribution is 9.31. The van der Waals surface area contributed by atoms with Crippen molar-refractivity contribution in [2.75, 3.05) is 0 Å². The zero-order valence-electron chi connectivity index (χ0n) is 29.9. The molecule has 2 fully saturated rings. The third-order valence-electron chi connectivity index (χ3n) is 19.4. The van der Waals surface area contributed by atoms with Crippen molar-refractivity contribution in [3.8, 4) is 0 Å². The Hall–Kier alpha value is 3.30. The van der Waals surface area contributed by atoms with Crippen LogP contribution >= 0.6 is 15.3 Å². The molecule has 2 aliphatic heterocycles. The Morgan fingerprint density at radius 3 is 0.514 bits per heavy atom. The third-order valence-corrected chi connectivity index (χ3v) is 427. The van der Waals surface area contributed by atoms with Crippen LogP contribution in [0.4, 0.5) is 0 Å². The van der Waals surface area contributed by atoms with E-state index in [9.17, 15) is 0 Å². The molecule has 0 N–H and O–H groups in total. The van der Waals surface area contributed by atoms with Gasteiger partial charge in [0.2, 0.25) is 0 Å². The summed E-state index contributed by atoms with van der Waals surface area (Å²) < 4.78 is 0. The SMILES string of the molecule is C[Si]1(C)[Si](C)(C)[Si](C)(C)[Si](C)([Si](C)(Br)[Si]2(C)[Si](C)(C)[Si](C)(C)[Si](C)(C)[Si](C)(C)[Si]2(C)C)[Si](C)(C)[Si]1(C)C. The molecule has 0 nitrogen and oxygen atoms in total. The van der Waals surface area contributed by atoms with Gasteiger partial charge in [-0.2, -0.15) is 0 Å². The van der Waals surface area contributed by atoms with Crippen LogP contribution in [0.25, 0.3) is 0 Å². The van der Waals surface area contributed by atoms with Crippen molar-refractivity contribution in [1.29, 1.82) is 0 Å². The molecule has 2 rings (SSSR count). The van der Waals surface area contributed by atoms with E-state index >= 15 is 0 Å². The van der Waals surface area contributed by atoms with Crippen molar-refractivity contribution in [2.45, 2.75) is 151 Å². The van der Waals surface area contributed by atoms with Crippen LogP contribution < -0.4 is 0 Å². The van der Waals surface area contributed by atoms with Crippen molar-refractivity contribution in [1.82, 2.24) is 0 Å². The van der Waals surface area contributed by atoms with E-state index in [4.69, 9.17) is 15.3 Å². The number of hydrogen-bond acceptors (Lipinski definition) is 0. The van der Waals surface area contributed by atoms with Crippen LogP contribution in [0.15, 0.2) is 0 Å². The molecule has 0 aliphatic carbocycles. The largest absolute Gasteiger partial charge is 0.135 e. The van der Waals surface area contributed by atoms with Crippen LogP contribution in [-0.2, 0) is 0 Å². The minimum Gasteiger partial charge on any atom is -0.135 e. The van der Waals surface area contributed by atoms with Gasteiger partial charge in [-0.3, -0.25) is 0 Å². The summed E-state index contributed by atoms with van der Waals surface area (Å²) >= 11 is 5.32. The predicted molar refractivity (Wildman–Crippen MR) is 219 cm³/mol. The van der Waals surface area contributed by atoms with Crippen LogP contribution in [0.1, 0.15) is 0 Å². The molecule has 0 saturated carbocycles. The molecule has 0 bridgehead atoms. The summed E-state index contributed by atoms with van der Waals surface area (Å²) in [5.41, 5.74) is -1.65. The second-order valence-corrected chi connectivity index (χ2v) is 192. The summed E-state index contributed by atoms with van der Waals surface area (Å²) in [5, 5.41) is 0. The van der Waals surface area contributed by atoms with Crippen molar-refractivity contribution in [3.05, 3.63) is 0 Å². The smallest absolute Gasteiger partial charge is 0.101 e. The molecule has 0 atom stereocenters. The summed E-state index contributed by atoms with van der Waals surface area (Å²) in [6.45, 7) is 67.2. The fourth-order valence-corrected chi connectivity index (χ4v) is 785. The Bertz CT molecular complexity index is 837. The van der Waals surface area contributed by atoms with Crippen molar-refractivity contribution in [2.24, 2.45) is 0 Å². The topological polar surface area (TPSA) is 0 Å². The van der Waals surface area contributed by atoms with E-state index in [2.05, 4.69) is 151 Å². The highest BCUT2D eigenvalue weighted by Crippen LogP contribution is 2.62. The van der Waals surface area contributed by atoms with Gasteiger partial charge in [-0.25, -0.2) is 0 Å². The minimum atomic E-state index is -1.65. The molecule has 2 aliphatic rings. The molecule has 0 aromatic carbocycles.